The lowest BCUT2D eigenvalue weighted by molar-refractivity contribution is -0.148. The highest BCUT2D eigenvalue weighted by Crippen LogP contribution is 2.52. The Kier molecular flexibility index (Phi) is 4.92. The minimum Gasteiger partial charge on any atom is -0.510 e. The zero-order valence-electron chi connectivity index (χ0n) is 17.5. The first kappa shape index (κ1) is 22.0. The Hall–Kier alpha value is -3.21. The maximum atomic E-state index is 13.3. The molecular weight excluding hydrogens is 420 g/mol. The molecule has 1 amide bonds. The van der Waals surface area contributed by atoms with Gasteiger partial charge in [0.05, 0.1) is 18.2 Å². The maximum absolute atomic E-state index is 13.3. The number of phenols is 1. The van der Waals surface area contributed by atoms with Crippen LogP contribution >= 0.6 is 0 Å². The quantitative estimate of drug-likeness (QED) is 0.338. The van der Waals surface area contributed by atoms with Crippen molar-refractivity contribution in [3.05, 3.63) is 51.5 Å². The molecule has 0 aliphatic heterocycles. The number of ketones is 2. The van der Waals surface area contributed by atoms with Gasteiger partial charge in [-0.1, -0.05) is 6.07 Å². The van der Waals surface area contributed by atoms with Crippen LogP contribution in [0.2, 0.25) is 0 Å². The fourth-order valence-corrected chi connectivity index (χ4v) is 5.46. The molecule has 0 radical (unpaired) electrons. The molecule has 7 N–H and O–H groups in total. The predicted octanol–water partition coefficient (Wildman–Crippen LogP) is -0.387. The summed E-state index contributed by atoms with van der Waals surface area (Å²) in [6.07, 6.45) is 0.158. The molecule has 0 fully saturated rings. The van der Waals surface area contributed by atoms with Gasteiger partial charge in [-0.15, -0.1) is 0 Å². The van der Waals surface area contributed by atoms with Crippen molar-refractivity contribution in [2.45, 2.75) is 31.1 Å². The Morgan fingerprint density at radius 3 is 2.44 bits per heavy atom. The zero-order chi connectivity index (χ0) is 23.7. The third-order valence-corrected chi connectivity index (χ3v) is 6.87. The first-order valence-corrected chi connectivity index (χ1v) is 10.1. The van der Waals surface area contributed by atoms with Crippen molar-refractivity contribution in [3.8, 4) is 5.75 Å². The van der Waals surface area contributed by atoms with E-state index in [1.165, 1.54) is 17.0 Å². The smallest absolute Gasteiger partial charge is 0.255 e. The van der Waals surface area contributed by atoms with E-state index >= 15 is 0 Å². The number of primary amides is 1. The third-order valence-electron chi connectivity index (χ3n) is 6.87. The molecule has 3 aliphatic rings. The van der Waals surface area contributed by atoms with Gasteiger partial charge in [-0.3, -0.25) is 19.3 Å². The van der Waals surface area contributed by atoms with Gasteiger partial charge >= 0.3 is 0 Å². The number of aliphatic hydroxyl groups is 4. The van der Waals surface area contributed by atoms with Gasteiger partial charge in [0.1, 0.15) is 22.8 Å². The van der Waals surface area contributed by atoms with Gasteiger partial charge in [-0.25, -0.2) is 0 Å². The number of aromatic hydroxyl groups is 1. The molecule has 32 heavy (non-hydrogen) atoms. The second kappa shape index (κ2) is 7.16. The molecular formula is C22H24N2O8. The fourth-order valence-electron chi connectivity index (χ4n) is 5.46. The summed E-state index contributed by atoms with van der Waals surface area (Å²) in [6, 6.07) is 1.71. The second-order valence-electron chi connectivity index (χ2n) is 8.72. The van der Waals surface area contributed by atoms with Crippen molar-refractivity contribution in [2.24, 2.45) is 17.6 Å². The van der Waals surface area contributed by atoms with Crippen LogP contribution in [0.4, 0.5) is 0 Å². The fraction of sp³-hybridized carbons (Fsp3) is 0.409. The number of phenolic OH excluding ortho intramolecular Hbond substituents is 1. The first-order chi connectivity index (χ1) is 15.0. The van der Waals surface area contributed by atoms with Crippen molar-refractivity contribution in [1.82, 2.24) is 4.90 Å². The Balaban J connectivity index is 1.98. The van der Waals surface area contributed by atoms with Crippen LogP contribution in [0, 0.1) is 11.8 Å². The number of nitrogens with two attached hydrogens (primary N) is 1. The van der Waals surface area contributed by atoms with E-state index in [0.717, 1.165) is 0 Å². The number of carbonyl (C=O) groups excluding carboxylic acids is 3. The highest BCUT2D eigenvalue weighted by Gasteiger charge is 2.63. The molecule has 4 rings (SSSR count). The van der Waals surface area contributed by atoms with Crippen LogP contribution < -0.4 is 5.73 Å². The molecule has 4 unspecified atom stereocenters. The van der Waals surface area contributed by atoms with Crippen LogP contribution in [0.25, 0.3) is 0 Å². The van der Waals surface area contributed by atoms with Gasteiger partial charge < -0.3 is 31.3 Å². The summed E-state index contributed by atoms with van der Waals surface area (Å²) >= 11 is 0. The lowest BCUT2D eigenvalue weighted by Gasteiger charge is -2.50. The molecule has 0 aromatic heterocycles. The number of fused-ring (bicyclic) bond motifs is 3. The molecule has 1 aromatic rings. The highest BCUT2D eigenvalue weighted by atomic mass is 16.3. The summed E-state index contributed by atoms with van der Waals surface area (Å²) in [6.45, 7) is -0.370. The summed E-state index contributed by atoms with van der Waals surface area (Å²) in [5, 5.41) is 53.2. The average Bonchev–Trinajstić information content (AvgIpc) is 2.70. The number of nitrogens with zero attached hydrogens (tertiary/aromatic N) is 1. The zero-order valence-corrected chi connectivity index (χ0v) is 17.5. The van der Waals surface area contributed by atoms with Crippen LogP contribution in [-0.2, 0) is 22.6 Å². The molecule has 170 valence electrons. The van der Waals surface area contributed by atoms with Crippen molar-refractivity contribution in [1.29, 1.82) is 0 Å². The molecule has 0 bridgehead atoms. The monoisotopic (exact) mass is 444 g/mol. The summed E-state index contributed by atoms with van der Waals surface area (Å²) in [7, 11) is 3.13. The molecule has 10 heteroatoms. The summed E-state index contributed by atoms with van der Waals surface area (Å²) in [4.78, 5) is 39.9. The normalized spacial score (nSPS) is 29.7. The van der Waals surface area contributed by atoms with Crippen molar-refractivity contribution in [2.75, 3.05) is 14.1 Å². The van der Waals surface area contributed by atoms with E-state index in [4.69, 9.17) is 5.73 Å². The van der Waals surface area contributed by atoms with Crippen molar-refractivity contribution >= 4 is 17.5 Å². The summed E-state index contributed by atoms with van der Waals surface area (Å²) < 4.78 is 0. The lowest BCUT2D eigenvalue weighted by atomic mass is 9.58. The number of aliphatic hydroxyl groups excluding tert-OH is 3. The van der Waals surface area contributed by atoms with E-state index in [9.17, 15) is 39.9 Å². The number of Topliss-reactive ketones (excluding diaryl/α,β-unsaturated/α-hetero) is 2. The number of amides is 1. The molecule has 1 aromatic carbocycles. The number of rotatable bonds is 3. The molecule has 4 atom stereocenters. The molecule has 10 nitrogen and oxygen atoms in total. The van der Waals surface area contributed by atoms with E-state index in [1.54, 1.807) is 14.1 Å². The molecule has 0 saturated carbocycles. The maximum Gasteiger partial charge on any atom is 0.255 e. The molecule has 0 spiro atoms. The topological polar surface area (TPSA) is 182 Å². The minimum absolute atomic E-state index is 0.00624. The van der Waals surface area contributed by atoms with E-state index in [0.29, 0.717) is 11.1 Å². The number of hydrogen-bond donors (Lipinski definition) is 6. The third kappa shape index (κ3) is 2.66. The summed E-state index contributed by atoms with van der Waals surface area (Å²) in [5.74, 6) is -6.94. The molecule has 3 aliphatic carbocycles. The van der Waals surface area contributed by atoms with Crippen LogP contribution in [0.5, 0.6) is 5.75 Å². The van der Waals surface area contributed by atoms with Crippen molar-refractivity contribution < 1.29 is 39.9 Å². The van der Waals surface area contributed by atoms with E-state index < -0.39 is 58.0 Å². The van der Waals surface area contributed by atoms with Gasteiger partial charge in [0, 0.05) is 11.5 Å². The van der Waals surface area contributed by atoms with Gasteiger partial charge in [0.15, 0.2) is 11.4 Å². The Labute approximate surface area is 182 Å². The standard InChI is InChI=1S/C22H24N2O8/c1-24(2)16-11-6-9-5-10-8(7-25)3-4-12(26)14(10)17(27)13(9)19(29)22(11,32)20(30)15(18(16)28)21(23)31/h3-4,9,11,16,25-26,28-29,32H,5-7H2,1-2H3,(H2,23,31). The summed E-state index contributed by atoms with van der Waals surface area (Å²) in [5.41, 5.74) is 2.30. The Morgan fingerprint density at radius 2 is 1.88 bits per heavy atom. The van der Waals surface area contributed by atoms with E-state index in [1.807, 2.05) is 0 Å². The van der Waals surface area contributed by atoms with Crippen LogP contribution in [0.3, 0.4) is 0 Å². The van der Waals surface area contributed by atoms with Crippen LogP contribution in [-0.4, -0.2) is 73.6 Å². The van der Waals surface area contributed by atoms with Gasteiger partial charge in [0.25, 0.3) is 5.91 Å². The minimum atomic E-state index is -2.66. The average molecular weight is 444 g/mol. The van der Waals surface area contributed by atoms with E-state index in [2.05, 4.69) is 0 Å². The number of hydrogen-bond acceptors (Lipinski definition) is 9. The Bertz CT molecular complexity index is 1130. The lowest BCUT2D eigenvalue weighted by Crippen LogP contribution is -2.63. The van der Waals surface area contributed by atoms with Crippen LogP contribution in [0.15, 0.2) is 34.8 Å². The van der Waals surface area contributed by atoms with Gasteiger partial charge in [0.2, 0.25) is 5.78 Å². The number of allylic oxidation sites excluding steroid dienone is 1. The van der Waals surface area contributed by atoms with Crippen LogP contribution in [0.1, 0.15) is 27.9 Å². The highest BCUT2D eigenvalue weighted by molar-refractivity contribution is 6.24. The van der Waals surface area contributed by atoms with Crippen molar-refractivity contribution in [3.63, 3.8) is 0 Å². The molecule has 0 heterocycles. The largest absolute Gasteiger partial charge is 0.510 e. The SMILES string of the molecule is CN(C)C1C(O)=C(C(N)=O)C(=O)C2(O)C(O)=C3C(=O)c4c(O)ccc(CO)c4CC3CC12. The van der Waals surface area contributed by atoms with Gasteiger partial charge in [-0.2, -0.15) is 0 Å². The number of carbonyl (C=O) groups is 3. The first-order valence-electron chi connectivity index (χ1n) is 10.1. The second-order valence-corrected chi connectivity index (χ2v) is 8.72. The number of benzene rings is 1. The Morgan fingerprint density at radius 1 is 1.22 bits per heavy atom. The number of likely N-dealkylation sites (N-methyl/N-ethyl adjacent to an activating group) is 1. The van der Waals surface area contributed by atoms with Gasteiger partial charge in [-0.05, 0) is 50.0 Å². The molecule has 0 saturated heterocycles. The van der Waals surface area contributed by atoms with E-state index in [-0.39, 0.29) is 36.3 Å². The predicted molar refractivity (Wildman–Crippen MR) is 110 cm³/mol.